The molecule has 1 aliphatic rings. The molecular weight excluding hydrogens is 270 g/mol. The van der Waals surface area contributed by atoms with Gasteiger partial charge in [-0.05, 0) is 31.8 Å². The molecule has 0 spiro atoms. The minimum atomic E-state index is -0.959. The summed E-state index contributed by atoms with van der Waals surface area (Å²) in [4.78, 5) is 12.8. The fraction of sp³-hybridized carbons (Fsp3) is 0.600. The van der Waals surface area contributed by atoms with Crippen LogP contribution in [0.4, 0.5) is 5.82 Å². The number of aryl methyl sites for hydroxylation is 2. The molecule has 0 unspecified atom stereocenters. The highest BCUT2D eigenvalue weighted by Gasteiger charge is 2.21. The molecule has 116 valence electrons. The highest BCUT2D eigenvalue weighted by atomic mass is 16.5. The lowest BCUT2D eigenvalue weighted by atomic mass is 10.2. The lowest BCUT2D eigenvalue weighted by Crippen LogP contribution is -2.25. The molecule has 0 aliphatic heterocycles. The highest BCUT2D eigenvalue weighted by molar-refractivity contribution is 5.87. The number of rotatable bonds is 8. The summed E-state index contributed by atoms with van der Waals surface area (Å²) in [5, 5.41) is 13.2. The maximum absolute atomic E-state index is 10.7. The summed E-state index contributed by atoms with van der Waals surface area (Å²) < 4.78 is 7.43. The Hall–Kier alpha value is -1.82. The lowest BCUT2D eigenvalue weighted by molar-refractivity contribution is -0.131. The monoisotopic (exact) mass is 293 g/mol. The van der Waals surface area contributed by atoms with E-state index in [9.17, 15) is 4.79 Å². The number of nitrogens with zero attached hydrogens (tertiary/aromatic N) is 3. The number of carboxylic acids is 1. The van der Waals surface area contributed by atoms with Gasteiger partial charge in [0.15, 0.2) is 0 Å². The van der Waals surface area contributed by atoms with Crippen molar-refractivity contribution in [3.63, 3.8) is 0 Å². The zero-order valence-corrected chi connectivity index (χ0v) is 12.9. The van der Waals surface area contributed by atoms with E-state index in [0.29, 0.717) is 6.61 Å². The van der Waals surface area contributed by atoms with Crippen LogP contribution in [-0.4, -0.2) is 47.7 Å². The molecule has 1 aromatic rings. The molecule has 0 saturated heterocycles. The highest BCUT2D eigenvalue weighted by Crippen LogP contribution is 2.28. The van der Waals surface area contributed by atoms with Gasteiger partial charge < -0.3 is 14.7 Å². The van der Waals surface area contributed by atoms with E-state index in [1.54, 1.807) is 10.8 Å². The van der Waals surface area contributed by atoms with Gasteiger partial charge in [-0.15, -0.1) is 0 Å². The Morgan fingerprint density at radius 1 is 1.57 bits per heavy atom. The summed E-state index contributed by atoms with van der Waals surface area (Å²) in [6.07, 6.45) is 5.33. The van der Waals surface area contributed by atoms with E-state index in [4.69, 9.17) is 9.84 Å². The summed E-state index contributed by atoms with van der Waals surface area (Å²) in [7, 11) is 3.83. The van der Waals surface area contributed by atoms with Crippen LogP contribution in [0.5, 0.6) is 0 Å². The van der Waals surface area contributed by atoms with E-state index in [1.807, 2.05) is 21.0 Å². The van der Waals surface area contributed by atoms with E-state index in [2.05, 4.69) is 10.00 Å². The summed E-state index contributed by atoms with van der Waals surface area (Å²) >= 11 is 0. The second kappa shape index (κ2) is 6.76. The van der Waals surface area contributed by atoms with Crippen molar-refractivity contribution >= 4 is 17.9 Å². The average Bonchev–Trinajstić information content (AvgIpc) is 3.17. The van der Waals surface area contributed by atoms with Crippen LogP contribution in [0.15, 0.2) is 6.08 Å². The first-order valence-electron chi connectivity index (χ1n) is 7.22. The number of hydrogen-bond acceptors (Lipinski definition) is 4. The third-order valence-electron chi connectivity index (χ3n) is 3.61. The zero-order chi connectivity index (χ0) is 15.4. The second-order valence-corrected chi connectivity index (χ2v) is 5.56. The number of anilines is 1. The Labute approximate surface area is 125 Å². The third kappa shape index (κ3) is 4.32. The van der Waals surface area contributed by atoms with Gasteiger partial charge in [-0.3, -0.25) is 4.68 Å². The summed E-state index contributed by atoms with van der Waals surface area (Å²) in [6.45, 7) is 4.14. The Kier molecular flexibility index (Phi) is 5.01. The van der Waals surface area contributed by atoms with Crippen molar-refractivity contribution in [2.45, 2.75) is 19.8 Å². The molecule has 0 bridgehead atoms. The van der Waals surface area contributed by atoms with Crippen molar-refractivity contribution in [2.24, 2.45) is 13.0 Å². The van der Waals surface area contributed by atoms with Crippen molar-refractivity contribution in [1.82, 2.24) is 9.78 Å². The van der Waals surface area contributed by atoms with Gasteiger partial charge in [0.25, 0.3) is 0 Å². The fourth-order valence-corrected chi connectivity index (χ4v) is 2.31. The second-order valence-electron chi connectivity index (χ2n) is 5.56. The van der Waals surface area contributed by atoms with E-state index >= 15 is 0 Å². The summed E-state index contributed by atoms with van der Waals surface area (Å²) in [5.41, 5.74) is 1.65. The number of carbonyl (C=O) groups is 1. The molecule has 6 nitrogen and oxygen atoms in total. The topological polar surface area (TPSA) is 67.6 Å². The molecule has 1 heterocycles. The minimum absolute atomic E-state index is 0.666. The van der Waals surface area contributed by atoms with Gasteiger partial charge in [-0.2, -0.15) is 5.10 Å². The van der Waals surface area contributed by atoms with Gasteiger partial charge in [0.05, 0.1) is 12.3 Å². The molecule has 0 aromatic carbocycles. The van der Waals surface area contributed by atoms with Crippen LogP contribution < -0.4 is 4.90 Å². The quantitative estimate of drug-likeness (QED) is 0.583. The van der Waals surface area contributed by atoms with Crippen LogP contribution in [0, 0.1) is 12.8 Å². The number of hydrogen-bond donors (Lipinski definition) is 1. The standard InChI is InChI=1S/C15H23N3O3/c1-11-13(6-7-14(19)20)15(18(3)16-11)17(2)8-9-21-10-12-4-5-12/h6-7,12H,4-5,8-10H2,1-3H3,(H,19,20)/b7-6+. The van der Waals surface area contributed by atoms with Crippen molar-refractivity contribution in [1.29, 1.82) is 0 Å². The first kappa shape index (κ1) is 15.6. The zero-order valence-electron chi connectivity index (χ0n) is 12.9. The Bertz CT molecular complexity index is 533. The molecule has 0 amide bonds. The van der Waals surface area contributed by atoms with Crippen molar-refractivity contribution in [2.75, 3.05) is 31.7 Å². The van der Waals surface area contributed by atoms with Gasteiger partial charge in [-0.25, -0.2) is 4.79 Å². The number of carboxylic acid groups (broad SMARTS) is 1. The molecule has 1 aromatic heterocycles. The van der Waals surface area contributed by atoms with Crippen LogP contribution in [0.25, 0.3) is 6.08 Å². The first-order chi connectivity index (χ1) is 9.99. The molecule has 0 atom stereocenters. The number of aromatic nitrogens is 2. The van der Waals surface area contributed by atoms with Crippen molar-refractivity contribution in [3.8, 4) is 0 Å². The van der Waals surface area contributed by atoms with Crippen LogP contribution >= 0.6 is 0 Å². The minimum Gasteiger partial charge on any atom is -0.478 e. The van der Waals surface area contributed by atoms with Crippen LogP contribution in [0.1, 0.15) is 24.1 Å². The van der Waals surface area contributed by atoms with Crippen LogP contribution in [0.2, 0.25) is 0 Å². The van der Waals surface area contributed by atoms with Crippen LogP contribution in [-0.2, 0) is 16.6 Å². The average molecular weight is 293 g/mol. The molecule has 1 aliphatic carbocycles. The van der Waals surface area contributed by atoms with Gasteiger partial charge in [-0.1, -0.05) is 0 Å². The first-order valence-corrected chi connectivity index (χ1v) is 7.22. The van der Waals surface area contributed by atoms with E-state index in [1.165, 1.54) is 12.8 Å². The van der Waals surface area contributed by atoms with Gasteiger partial charge in [0.1, 0.15) is 5.82 Å². The fourth-order valence-electron chi connectivity index (χ4n) is 2.31. The maximum atomic E-state index is 10.7. The molecule has 6 heteroatoms. The number of ether oxygens (including phenoxy) is 1. The predicted octanol–water partition coefficient (Wildman–Crippen LogP) is 1.69. The SMILES string of the molecule is Cc1nn(C)c(N(C)CCOCC2CC2)c1/C=C/C(=O)O. The molecule has 0 radical (unpaired) electrons. The van der Waals surface area contributed by atoms with Gasteiger partial charge in [0, 0.05) is 38.9 Å². The summed E-state index contributed by atoms with van der Waals surface area (Å²) in [5.74, 6) is 0.711. The Balaban J connectivity index is 2.00. The Morgan fingerprint density at radius 3 is 2.90 bits per heavy atom. The molecule has 2 rings (SSSR count). The molecule has 1 N–H and O–H groups in total. The normalized spacial score (nSPS) is 14.8. The smallest absolute Gasteiger partial charge is 0.328 e. The molecule has 1 fully saturated rings. The van der Waals surface area contributed by atoms with Crippen molar-refractivity contribution in [3.05, 3.63) is 17.3 Å². The van der Waals surface area contributed by atoms with Gasteiger partial charge >= 0.3 is 5.97 Å². The maximum Gasteiger partial charge on any atom is 0.328 e. The molecule has 1 saturated carbocycles. The van der Waals surface area contributed by atoms with Gasteiger partial charge in [0.2, 0.25) is 0 Å². The van der Waals surface area contributed by atoms with Crippen LogP contribution in [0.3, 0.4) is 0 Å². The molecular formula is C15H23N3O3. The van der Waals surface area contributed by atoms with E-state index in [-0.39, 0.29) is 0 Å². The number of aliphatic carboxylic acids is 1. The largest absolute Gasteiger partial charge is 0.478 e. The Morgan fingerprint density at radius 2 is 2.29 bits per heavy atom. The van der Waals surface area contributed by atoms with Crippen molar-refractivity contribution < 1.29 is 14.6 Å². The predicted molar refractivity (Wildman–Crippen MR) is 81.4 cm³/mol. The van der Waals surface area contributed by atoms with E-state index in [0.717, 1.165) is 42.2 Å². The summed E-state index contributed by atoms with van der Waals surface area (Å²) in [6, 6.07) is 0. The molecule has 21 heavy (non-hydrogen) atoms. The number of likely N-dealkylation sites (N-methyl/N-ethyl adjacent to an activating group) is 1. The van der Waals surface area contributed by atoms with E-state index < -0.39 is 5.97 Å². The third-order valence-corrected chi connectivity index (χ3v) is 3.61. The lowest BCUT2D eigenvalue weighted by Gasteiger charge is -2.20.